The van der Waals surface area contributed by atoms with Crippen LogP contribution in [0.5, 0.6) is 0 Å². The molecule has 4 aromatic rings. The van der Waals surface area contributed by atoms with Crippen molar-refractivity contribution in [2.45, 2.75) is 105 Å². The molecule has 0 atom stereocenters. The minimum absolute atomic E-state index is 0. The molecule has 4 heterocycles. The van der Waals surface area contributed by atoms with Crippen molar-refractivity contribution in [2.75, 3.05) is 0 Å². The molecular formula is C28H48CuN8. The van der Waals surface area contributed by atoms with Crippen LogP contribution < -0.4 is 0 Å². The van der Waals surface area contributed by atoms with Crippen LogP contribution in [0.15, 0.2) is 74.9 Å². The molecule has 0 saturated carbocycles. The molecule has 8 nitrogen and oxygen atoms in total. The first-order valence-electron chi connectivity index (χ1n) is 13.6. The zero-order valence-corrected chi connectivity index (χ0v) is 24.2. The van der Waals surface area contributed by atoms with Gasteiger partial charge in [0.1, 0.15) is 0 Å². The normalized spacial score (nSPS) is 9.62. The number of nitrogens with zero attached hydrogens (tertiary/aromatic N) is 8. The van der Waals surface area contributed by atoms with Crippen molar-refractivity contribution in [2.24, 2.45) is 0 Å². The summed E-state index contributed by atoms with van der Waals surface area (Å²) in [5.41, 5.74) is 0. The quantitative estimate of drug-likeness (QED) is 0.180. The molecule has 9 heteroatoms. The first-order valence-corrected chi connectivity index (χ1v) is 13.6. The number of rotatable bonds is 12. The molecule has 0 fully saturated rings. The summed E-state index contributed by atoms with van der Waals surface area (Å²) in [7, 11) is 0. The van der Waals surface area contributed by atoms with Gasteiger partial charge in [-0.05, 0) is 25.7 Å². The topological polar surface area (TPSA) is 71.3 Å². The Labute approximate surface area is 235 Å². The van der Waals surface area contributed by atoms with Gasteiger partial charge in [-0.15, -0.1) is 0 Å². The van der Waals surface area contributed by atoms with Crippen LogP contribution >= 0.6 is 0 Å². The Kier molecular flexibility index (Phi) is 23.2. The summed E-state index contributed by atoms with van der Waals surface area (Å²) in [6, 6.07) is 0. The molecular weight excluding hydrogens is 512 g/mol. The Morgan fingerprint density at radius 3 is 0.757 bits per heavy atom. The van der Waals surface area contributed by atoms with Crippen LogP contribution in [0.3, 0.4) is 0 Å². The van der Waals surface area contributed by atoms with Crippen LogP contribution in [-0.4, -0.2) is 38.2 Å². The van der Waals surface area contributed by atoms with Gasteiger partial charge in [0.2, 0.25) is 0 Å². The second-order valence-corrected chi connectivity index (χ2v) is 8.62. The predicted molar refractivity (Wildman–Crippen MR) is 149 cm³/mol. The van der Waals surface area contributed by atoms with Gasteiger partial charge in [-0.1, -0.05) is 53.4 Å². The third-order valence-electron chi connectivity index (χ3n) is 5.32. The molecule has 0 aliphatic carbocycles. The molecule has 211 valence electrons. The van der Waals surface area contributed by atoms with Gasteiger partial charge in [0, 0.05) is 92.8 Å². The van der Waals surface area contributed by atoms with E-state index in [1.165, 1.54) is 51.4 Å². The summed E-state index contributed by atoms with van der Waals surface area (Å²) in [4.78, 5) is 15.8. The average molecular weight is 560 g/mol. The number of hydrogen-bond acceptors (Lipinski definition) is 4. The van der Waals surface area contributed by atoms with Crippen LogP contribution in [0.1, 0.15) is 79.1 Å². The van der Waals surface area contributed by atoms with Gasteiger partial charge >= 0.3 is 0 Å². The van der Waals surface area contributed by atoms with Crippen molar-refractivity contribution in [3.63, 3.8) is 0 Å². The minimum atomic E-state index is 0. The fourth-order valence-electron chi connectivity index (χ4n) is 3.04. The van der Waals surface area contributed by atoms with E-state index in [-0.39, 0.29) is 17.1 Å². The maximum Gasteiger partial charge on any atom is 0.0945 e. The van der Waals surface area contributed by atoms with Crippen LogP contribution in [0.2, 0.25) is 0 Å². The maximum absolute atomic E-state index is 3.94. The van der Waals surface area contributed by atoms with Gasteiger partial charge in [-0.25, -0.2) is 19.9 Å². The van der Waals surface area contributed by atoms with E-state index >= 15 is 0 Å². The van der Waals surface area contributed by atoms with Crippen molar-refractivity contribution >= 4 is 0 Å². The van der Waals surface area contributed by atoms with E-state index in [4.69, 9.17) is 0 Å². The first kappa shape index (κ1) is 34.4. The number of aromatic nitrogens is 8. The SMILES string of the molecule is CCCCn1ccnc1.CCCCn1ccnc1.CCCCn1ccnc1.CCCCn1ccnc1.[Cu]. The Hall–Kier alpha value is -2.64. The molecule has 0 spiro atoms. The Morgan fingerprint density at radius 1 is 0.405 bits per heavy atom. The summed E-state index contributed by atoms with van der Waals surface area (Å²) in [6.45, 7) is 13.2. The number of aryl methyl sites for hydroxylation is 4. The number of hydrogen-bond donors (Lipinski definition) is 0. The molecule has 4 rings (SSSR count). The Morgan fingerprint density at radius 2 is 0.622 bits per heavy atom. The summed E-state index contributed by atoms with van der Waals surface area (Å²) < 4.78 is 8.40. The fourth-order valence-corrected chi connectivity index (χ4v) is 3.04. The van der Waals surface area contributed by atoms with Crippen LogP contribution in [0.25, 0.3) is 0 Å². The first-order chi connectivity index (χ1) is 17.7. The van der Waals surface area contributed by atoms with Gasteiger partial charge in [0.05, 0.1) is 25.3 Å². The van der Waals surface area contributed by atoms with Gasteiger partial charge in [-0.2, -0.15) is 0 Å². The third kappa shape index (κ3) is 19.2. The molecule has 1 radical (unpaired) electrons. The van der Waals surface area contributed by atoms with E-state index in [9.17, 15) is 0 Å². The van der Waals surface area contributed by atoms with E-state index in [0.717, 1.165) is 26.2 Å². The molecule has 0 saturated heterocycles. The van der Waals surface area contributed by atoms with Crippen LogP contribution in [0, 0.1) is 0 Å². The summed E-state index contributed by atoms with van der Waals surface area (Å²) in [5, 5.41) is 0. The van der Waals surface area contributed by atoms with Crippen molar-refractivity contribution in [1.29, 1.82) is 0 Å². The fraction of sp³-hybridized carbons (Fsp3) is 0.571. The van der Waals surface area contributed by atoms with Gasteiger partial charge in [0.25, 0.3) is 0 Å². The molecule has 0 aliphatic heterocycles. The van der Waals surface area contributed by atoms with E-state index in [0.29, 0.717) is 0 Å². The van der Waals surface area contributed by atoms with E-state index < -0.39 is 0 Å². The monoisotopic (exact) mass is 559 g/mol. The summed E-state index contributed by atoms with van der Waals surface area (Å²) in [6.07, 6.45) is 32.6. The minimum Gasteiger partial charge on any atom is -0.337 e. The second kappa shape index (κ2) is 25.0. The zero-order valence-electron chi connectivity index (χ0n) is 23.3. The van der Waals surface area contributed by atoms with E-state index in [1.54, 1.807) is 0 Å². The molecule has 37 heavy (non-hydrogen) atoms. The zero-order chi connectivity index (χ0) is 26.1. The number of imidazole rings is 4. The van der Waals surface area contributed by atoms with Gasteiger partial charge in [-0.3, -0.25) is 0 Å². The predicted octanol–water partition coefficient (Wildman–Crippen LogP) is 6.73. The summed E-state index contributed by atoms with van der Waals surface area (Å²) >= 11 is 0. The standard InChI is InChI=1S/4C7H12N2.Cu/c4*1-2-3-5-9-6-4-8-7-9;/h4*4,6-7H,2-3,5H2,1H3;. The van der Waals surface area contributed by atoms with Crippen LogP contribution in [0.4, 0.5) is 0 Å². The molecule has 0 amide bonds. The maximum atomic E-state index is 3.94. The molecule has 0 bridgehead atoms. The van der Waals surface area contributed by atoms with Crippen molar-refractivity contribution < 1.29 is 17.1 Å². The number of unbranched alkanes of at least 4 members (excludes halogenated alkanes) is 4. The second-order valence-electron chi connectivity index (χ2n) is 8.62. The smallest absolute Gasteiger partial charge is 0.0945 e. The van der Waals surface area contributed by atoms with E-state index in [1.807, 2.05) is 74.9 Å². The van der Waals surface area contributed by atoms with Crippen molar-refractivity contribution in [3.05, 3.63) is 74.9 Å². The largest absolute Gasteiger partial charge is 0.337 e. The van der Waals surface area contributed by atoms with Crippen molar-refractivity contribution in [3.8, 4) is 0 Å². The molecule has 0 unspecified atom stereocenters. The Balaban J connectivity index is 0.000000463. The third-order valence-corrected chi connectivity index (χ3v) is 5.32. The van der Waals surface area contributed by atoms with Gasteiger partial charge < -0.3 is 18.3 Å². The molecule has 0 aromatic carbocycles. The van der Waals surface area contributed by atoms with Crippen LogP contribution in [-0.2, 0) is 43.2 Å². The van der Waals surface area contributed by atoms with E-state index in [2.05, 4.69) is 65.9 Å². The van der Waals surface area contributed by atoms with Gasteiger partial charge in [0.15, 0.2) is 0 Å². The Bertz CT molecular complexity index is 735. The molecule has 0 N–H and O–H groups in total. The average Bonchev–Trinajstić information content (AvgIpc) is 3.74. The molecule has 0 aliphatic rings. The molecule has 4 aromatic heterocycles. The summed E-state index contributed by atoms with van der Waals surface area (Å²) in [5.74, 6) is 0. The van der Waals surface area contributed by atoms with Crippen molar-refractivity contribution in [1.82, 2.24) is 38.2 Å².